The molecule has 1 amide bonds. The second-order valence-electron chi connectivity index (χ2n) is 5.58. The normalized spacial score (nSPS) is 11.8. The van der Waals surface area contributed by atoms with Gasteiger partial charge in [-0.3, -0.25) is 4.79 Å². The molecule has 0 aliphatic carbocycles. The lowest BCUT2D eigenvalue weighted by Crippen LogP contribution is -2.44. The number of hydrogen-bond acceptors (Lipinski definition) is 1. The van der Waals surface area contributed by atoms with E-state index in [1.807, 2.05) is 66.3 Å². The summed E-state index contributed by atoms with van der Waals surface area (Å²) in [6, 6.07) is 19.3. The van der Waals surface area contributed by atoms with Crippen LogP contribution in [0.3, 0.4) is 0 Å². The minimum Gasteiger partial charge on any atom is -0.320 e. The predicted molar refractivity (Wildman–Crippen MR) is 91.8 cm³/mol. The summed E-state index contributed by atoms with van der Waals surface area (Å²) in [6.07, 6.45) is 3.81. The summed E-state index contributed by atoms with van der Waals surface area (Å²) in [7, 11) is 0. The molecule has 3 aromatic rings. The van der Waals surface area contributed by atoms with Crippen LogP contribution in [0.15, 0.2) is 79.1 Å². The summed E-state index contributed by atoms with van der Waals surface area (Å²) in [4.78, 5) is 12.4. The first kappa shape index (κ1) is 15.9. The molecular weight excluding hydrogens is 303 g/mol. The van der Waals surface area contributed by atoms with Crippen molar-refractivity contribution < 1.29 is 13.8 Å². The zero-order valence-electron chi connectivity index (χ0n) is 13.3. The maximum atomic E-state index is 12.9. The van der Waals surface area contributed by atoms with Crippen molar-refractivity contribution in [3.05, 3.63) is 84.9 Å². The molecule has 0 spiro atoms. The van der Waals surface area contributed by atoms with Crippen LogP contribution >= 0.6 is 0 Å². The van der Waals surface area contributed by atoms with Gasteiger partial charge in [-0.05, 0) is 35.9 Å². The van der Waals surface area contributed by atoms with E-state index in [1.54, 1.807) is 12.1 Å². The number of anilines is 1. The molecule has 0 saturated carbocycles. The minimum absolute atomic E-state index is 0.156. The Balaban J connectivity index is 1.78. The van der Waals surface area contributed by atoms with Crippen molar-refractivity contribution in [2.24, 2.45) is 0 Å². The Labute approximate surface area is 140 Å². The van der Waals surface area contributed by atoms with Gasteiger partial charge in [0.1, 0.15) is 5.82 Å². The molecule has 3 nitrogen and oxygen atoms in total. The van der Waals surface area contributed by atoms with Gasteiger partial charge in [-0.2, -0.15) is 4.57 Å². The molecule has 0 saturated heterocycles. The number of carbonyl (C=O) groups excluding carboxylic acids is 1. The van der Waals surface area contributed by atoms with E-state index in [1.165, 1.54) is 12.1 Å². The van der Waals surface area contributed by atoms with Gasteiger partial charge in [0, 0.05) is 24.2 Å². The summed E-state index contributed by atoms with van der Waals surface area (Å²) >= 11 is 0. The van der Waals surface area contributed by atoms with Gasteiger partial charge < -0.3 is 5.32 Å². The lowest BCUT2D eigenvalue weighted by molar-refractivity contribution is -0.705. The maximum Gasteiger partial charge on any atom is 0.293 e. The molecule has 3 rings (SSSR count). The highest BCUT2D eigenvalue weighted by molar-refractivity contribution is 5.92. The zero-order chi connectivity index (χ0) is 16.9. The molecule has 2 aromatic carbocycles. The molecule has 0 radical (unpaired) electrons. The van der Waals surface area contributed by atoms with Crippen LogP contribution in [0.5, 0.6) is 0 Å². The van der Waals surface area contributed by atoms with Gasteiger partial charge in [0.15, 0.2) is 12.4 Å². The Morgan fingerprint density at radius 1 is 0.958 bits per heavy atom. The van der Waals surface area contributed by atoms with Crippen LogP contribution in [0.2, 0.25) is 0 Å². The summed E-state index contributed by atoms with van der Waals surface area (Å²) in [5, 5.41) is 2.80. The lowest BCUT2D eigenvalue weighted by Gasteiger charge is -2.09. The average Bonchev–Trinajstić information content (AvgIpc) is 2.64. The largest absolute Gasteiger partial charge is 0.320 e. The van der Waals surface area contributed by atoms with E-state index in [-0.39, 0.29) is 11.7 Å². The number of rotatable bonds is 4. The fourth-order valence-corrected chi connectivity index (χ4v) is 2.45. The summed E-state index contributed by atoms with van der Waals surface area (Å²) in [5.74, 6) is -0.484. The van der Waals surface area contributed by atoms with Gasteiger partial charge in [0.05, 0.1) is 0 Å². The van der Waals surface area contributed by atoms with Crippen molar-refractivity contribution >= 4 is 11.6 Å². The molecule has 4 heteroatoms. The van der Waals surface area contributed by atoms with Gasteiger partial charge in [-0.15, -0.1) is 0 Å². The van der Waals surface area contributed by atoms with Crippen LogP contribution in [-0.2, 0) is 4.79 Å². The Kier molecular flexibility index (Phi) is 4.66. The van der Waals surface area contributed by atoms with E-state index in [9.17, 15) is 9.18 Å². The van der Waals surface area contributed by atoms with Crippen molar-refractivity contribution in [3.63, 3.8) is 0 Å². The van der Waals surface area contributed by atoms with Crippen LogP contribution in [0.25, 0.3) is 11.1 Å². The molecular formula is C20H18FN2O+. The fourth-order valence-electron chi connectivity index (χ4n) is 2.45. The quantitative estimate of drug-likeness (QED) is 0.725. The van der Waals surface area contributed by atoms with Crippen LogP contribution in [0.1, 0.15) is 13.0 Å². The number of halogens is 1. The number of pyridine rings is 1. The van der Waals surface area contributed by atoms with Crippen molar-refractivity contribution in [2.75, 3.05) is 5.32 Å². The molecule has 0 aliphatic rings. The third-order valence-electron chi connectivity index (χ3n) is 3.87. The SMILES string of the molecule is C[C@@H](C(=O)Nc1ccc(F)cc1)[n+]1cccc(-c2ccccc2)c1. The highest BCUT2D eigenvalue weighted by Crippen LogP contribution is 2.17. The molecule has 1 atom stereocenters. The molecule has 1 heterocycles. The van der Waals surface area contributed by atoms with E-state index in [4.69, 9.17) is 0 Å². The summed E-state index contributed by atoms with van der Waals surface area (Å²) in [6.45, 7) is 1.83. The van der Waals surface area contributed by atoms with Crippen LogP contribution in [0.4, 0.5) is 10.1 Å². The number of aromatic nitrogens is 1. The fraction of sp³-hybridized carbons (Fsp3) is 0.100. The molecule has 1 N–H and O–H groups in total. The van der Waals surface area contributed by atoms with Gasteiger partial charge in [0.25, 0.3) is 5.91 Å². The molecule has 0 fully saturated rings. The lowest BCUT2D eigenvalue weighted by atomic mass is 10.1. The number of nitrogens with zero attached hydrogens (tertiary/aromatic N) is 1. The number of hydrogen-bond donors (Lipinski definition) is 1. The van der Waals surface area contributed by atoms with Crippen molar-refractivity contribution in [1.29, 1.82) is 0 Å². The summed E-state index contributed by atoms with van der Waals surface area (Å²) in [5.41, 5.74) is 2.71. The average molecular weight is 321 g/mol. The molecule has 0 bridgehead atoms. The Bertz CT molecular complexity index is 832. The van der Waals surface area contributed by atoms with Gasteiger partial charge in [-0.1, -0.05) is 30.3 Å². The van der Waals surface area contributed by atoms with Crippen molar-refractivity contribution in [1.82, 2.24) is 0 Å². The molecule has 120 valence electrons. The third-order valence-corrected chi connectivity index (χ3v) is 3.87. The minimum atomic E-state index is -0.390. The topological polar surface area (TPSA) is 33.0 Å². The van der Waals surface area contributed by atoms with Crippen molar-refractivity contribution in [2.45, 2.75) is 13.0 Å². The van der Waals surface area contributed by atoms with Crippen LogP contribution < -0.4 is 9.88 Å². The van der Waals surface area contributed by atoms with Crippen LogP contribution in [0, 0.1) is 5.82 Å². The standard InChI is InChI=1S/C20H17FN2O/c1-15(20(24)22-19-11-9-18(21)10-12-19)23-13-5-8-17(14-23)16-6-3-2-4-7-16/h2-15H,1H3/p+1/t15-/m0/s1. The number of amides is 1. The zero-order valence-corrected chi connectivity index (χ0v) is 13.3. The number of benzene rings is 2. The van der Waals surface area contributed by atoms with E-state index >= 15 is 0 Å². The van der Waals surface area contributed by atoms with Gasteiger partial charge >= 0.3 is 0 Å². The Morgan fingerprint density at radius 2 is 1.62 bits per heavy atom. The first-order chi connectivity index (χ1) is 11.6. The van der Waals surface area contributed by atoms with E-state index < -0.39 is 6.04 Å². The van der Waals surface area contributed by atoms with Gasteiger partial charge in [-0.25, -0.2) is 4.39 Å². The molecule has 0 unspecified atom stereocenters. The van der Waals surface area contributed by atoms with E-state index in [0.717, 1.165) is 11.1 Å². The second kappa shape index (κ2) is 7.04. The van der Waals surface area contributed by atoms with Crippen molar-refractivity contribution in [3.8, 4) is 11.1 Å². The molecule has 1 aromatic heterocycles. The second-order valence-corrected chi connectivity index (χ2v) is 5.58. The number of nitrogens with one attached hydrogen (secondary N) is 1. The highest BCUT2D eigenvalue weighted by atomic mass is 19.1. The smallest absolute Gasteiger partial charge is 0.293 e. The first-order valence-electron chi connectivity index (χ1n) is 7.76. The Morgan fingerprint density at radius 3 is 2.33 bits per heavy atom. The summed E-state index contributed by atoms with van der Waals surface area (Å²) < 4.78 is 14.8. The van der Waals surface area contributed by atoms with E-state index in [2.05, 4.69) is 5.32 Å². The first-order valence-corrected chi connectivity index (χ1v) is 7.76. The van der Waals surface area contributed by atoms with Gasteiger partial charge in [0.2, 0.25) is 6.04 Å². The van der Waals surface area contributed by atoms with E-state index in [0.29, 0.717) is 5.69 Å². The predicted octanol–water partition coefficient (Wildman–Crippen LogP) is 3.98. The maximum absolute atomic E-state index is 12.9. The Hall–Kier alpha value is -3.01. The monoisotopic (exact) mass is 321 g/mol. The highest BCUT2D eigenvalue weighted by Gasteiger charge is 2.22. The number of carbonyl (C=O) groups is 1. The van der Waals surface area contributed by atoms with Crippen LogP contribution in [-0.4, -0.2) is 5.91 Å². The molecule has 0 aliphatic heterocycles. The third kappa shape index (κ3) is 3.66. The molecule has 24 heavy (non-hydrogen) atoms.